The predicted molar refractivity (Wildman–Crippen MR) is 289 cm³/mol. The lowest BCUT2D eigenvalue weighted by atomic mass is 9.82. The standard InChI is InChI=1S/C65H49N3/c1-65(2)59-29-15-13-27-54(59)55-37-35-52(43-60(55)65)66(48-22-5-3-6-23-48)51-36-39-63(67(49-24-7-4-8-25-49)50-34-32-44-18-9-10-20-46(44)40-50)57(42-51)47-33-38-64-58(41-47)56-28-14-16-30-62(56)68(64)61-31-17-21-45-19-11-12-26-53(45)61/h4-5,7-43H,3,6H2,1-2H3. The number of allylic oxidation sites excluding steroid dienone is 3. The molecular formula is C65H49N3. The molecule has 11 aromatic rings. The molecule has 324 valence electrons. The summed E-state index contributed by atoms with van der Waals surface area (Å²) in [6.07, 6.45) is 9.07. The Morgan fingerprint density at radius 1 is 0.412 bits per heavy atom. The molecule has 3 heteroatoms. The van der Waals surface area contributed by atoms with E-state index in [-0.39, 0.29) is 5.41 Å². The van der Waals surface area contributed by atoms with E-state index in [4.69, 9.17) is 0 Å². The third-order valence-corrected chi connectivity index (χ3v) is 14.5. The summed E-state index contributed by atoms with van der Waals surface area (Å²) >= 11 is 0. The van der Waals surface area contributed by atoms with E-state index in [2.05, 4.69) is 265 Å². The maximum absolute atomic E-state index is 2.48. The second-order valence-electron chi connectivity index (χ2n) is 18.8. The second-order valence-corrected chi connectivity index (χ2v) is 18.8. The number of hydrogen-bond acceptors (Lipinski definition) is 2. The zero-order valence-electron chi connectivity index (χ0n) is 38.3. The van der Waals surface area contributed by atoms with Gasteiger partial charge in [0.2, 0.25) is 0 Å². The fourth-order valence-electron chi connectivity index (χ4n) is 11.3. The normalized spacial score (nSPS) is 13.8. The van der Waals surface area contributed by atoms with Crippen molar-refractivity contribution in [2.75, 3.05) is 9.80 Å². The van der Waals surface area contributed by atoms with E-state index < -0.39 is 0 Å². The molecule has 1 aromatic heterocycles. The summed E-state index contributed by atoms with van der Waals surface area (Å²) in [5.41, 5.74) is 17.9. The van der Waals surface area contributed by atoms with Crippen molar-refractivity contribution < 1.29 is 0 Å². The Morgan fingerprint density at radius 2 is 1.09 bits per heavy atom. The molecule has 0 saturated carbocycles. The molecule has 1 heterocycles. The van der Waals surface area contributed by atoms with E-state index in [1.54, 1.807) is 0 Å². The van der Waals surface area contributed by atoms with E-state index in [0.29, 0.717) is 0 Å². The monoisotopic (exact) mass is 871 g/mol. The van der Waals surface area contributed by atoms with Gasteiger partial charge in [-0.2, -0.15) is 0 Å². The molecule has 0 unspecified atom stereocenters. The van der Waals surface area contributed by atoms with Crippen molar-refractivity contribution in [3.8, 4) is 27.9 Å². The zero-order valence-corrected chi connectivity index (χ0v) is 38.3. The van der Waals surface area contributed by atoms with Crippen LogP contribution in [-0.2, 0) is 5.41 Å². The first kappa shape index (κ1) is 39.9. The largest absolute Gasteiger partial charge is 0.311 e. The minimum absolute atomic E-state index is 0.129. The van der Waals surface area contributed by atoms with Gasteiger partial charge in [0.25, 0.3) is 0 Å². The molecule has 3 nitrogen and oxygen atoms in total. The van der Waals surface area contributed by atoms with Crippen LogP contribution in [-0.4, -0.2) is 4.57 Å². The van der Waals surface area contributed by atoms with E-state index in [1.165, 1.54) is 77.0 Å². The van der Waals surface area contributed by atoms with Crippen LogP contribution >= 0.6 is 0 Å². The lowest BCUT2D eigenvalue weighted by Gasteiger charge is -2.32. The van der Waals surface area contributed by atoms with E-state index in [1.807, 2.05) is 0 Å². The van der Waals surface area contributed by atoms with Gasteiger partial charge in [-0.1, -0.05) is 166 Å². The molecule has 2 aliphatic carbocycles. The third kappa shape index (κ3) is 6.42. The quantitative estimate of drug-likeness (QED) is 0.151. The number of benzene rings is 10. The van der Waals surface area contributed by atoms with Crippen LogP contribution in [0.15, 0.2) is 242 Å². The van der Waals surface area contributed by atoms with Crippen molar-refractivity contribution in [1.82, 2.24) is 4.57 Å². The highest BCUT2D eigenvalue weighted by Crippen LogP contribution is 2.51. The highest BCUT2D eigenvalue weighted by atomic mass is 15.2. The summed E-state index contributed by atoms with van der Waals surface area (Å²) in [4.78, 5) is 4.92. The molecular weight excluding hydrogens is 823 g/mol. The van der Waals surface area contributed by atoms with Gasteiger partial charge in [0, 0.05) is 55.6 Å². The molecule has 0 amide bonds. The Bertz CT molecular complexity index is 3840. The summed E-state index contributed by atoms with van der Waals surface area (Å²) in [6.45, 7) is 4.74. The average Bonchev–Trinajstić information content (AvgIpc) is 3.84. The Morgan fingerprint density at radius 3 is 1.96 bits per heavy atom. The van der Waals surface area contributed by atoms with Crippen molar-refractivity contribution >= 4 is 71.8 Å². The summed E-state index contributed by atoms with van der Waals surface area (Å²) in [6, 6.07) is 80.9. The number of nitrogens with zero attached hydrogens (tertiary/aromatic N) is 3. The summed E-state index contributed by atoms with van der Waals surface area (Å²) in [5.74, 6) is 0. The molecule has 0 bridgehead atoms. The first-order valence-electron chi connectivity index (χ1n) is 23.9. The lowest BCUT2D eigenvalue weighted by Crippen LogP contribution is -2.19. The first-order chi connectivity index (χ1) is 33.5. The number of hydrogen-bond donors (Lipinski definition) is 0. The van der Waals surface area contributed by atoms with Crippen molar-refractivity contribution in [3.05, 3.63) is 253 Å². The highest BCUT2D eigenvalue weighted by Gasteiger charge is 2.36. The molecule has 0 N–H and O–H groups in total. The van der Waals surface area contributed by atoms with Gasteiger partial charge in [0.05, 0.1) is 22.4 Å². The van der Waals surface area contributed by atoms with Gasteiger partial charge in [-0.25, -0.2) is 0 Å². The smallest absolute Gasteiger partial charge is 0.0541 e. The Balaban J connectivity index is 1.06. The molecule has 0 saturated heterocycles. The van der Waals surface area contributed by atoms with Crippen LogP contribution in [0.1, 0.15) is 37.8 Å². The SMILES string of the molecule is CC1(C)c2ccccc2-c2ccc(N(C3=CCCC=C3)c3ccc(N(c4ccccc4)c4ccc5ccccc5c4)c(-c4ccc5c(c4)c4ccccc4n5-c4cccc5ccccc45)c3)cc21. The minimum atomic E-state index is -0.129. The molecule has 2 aliphatic rings. The van der Waals surface area contributed by atoms with Crippen LogP contribution in [0.3, 0.4) is 0 Å². The maximum Gasteiger partial charge on any atom is 0.0541 e. The van der Waals surface area contributed by atoms with E-state index >= 15 is 0 Å². The van der Waals surface area contributed by atoms with Crippen LogP contribution in [0.25, 0.3) is 71.3 Å². The molecule has 0 radical (unpaired) electrons. The van der Waals surface area contributed by atoms with Gasteiger partial charge in [-0.3, -0.25) is 0 Å². The predicted octanol–water partition coefficient (Wildman–Crippen LogP) is 17.9. The fourth-order valence-corrected chi connectivity index (χ4v) is 11.3. The van der Waals surface area contributed by atoms with E-state index in [9.17, 15) is 0 Å². The Labute approximate surface area is 397 Å². The molecule has 68 heavy (non-hydrogen) atoms. The zero-order chi connectivity index (χ0) is 45.3. The molecule has 13 rings (SSSR count). The van der Waals surface area contributed by atoms with Crippen molar-refractivity contribution in [3.63, 3.8) is 0 Å². The molecule has 0 aliphatic heterocycles. The molecule has 10 aromatic carbocycles. The Hall–Kier alpha value is -8.40. The molecule has 0 spiro atoms. The van der Waals surface area contributed by atoms with Crippen molar-refractivity contribution in [2.24, 2.45) is 0 Å². The van der Waals surface area contributed by atoms with Crippen LogP contribution in [0, 0.1) is 0 Å². The number of aromatic nitrogens is 1. The highest BCUT2D eigenvalue weighted by molar-refractivity contribution is 6.12. The Kier molecular flexibility index (Phi) is 9.33. The van der Waals surface area contributed by atoms with Crippen LogP contribution < -0.4 is 9.80 Å². The van der Waals surface area contributed by atoms with Gasteiger partial charge in [-0.15, -0.1) is 0 Å². The number of rotatable bonds is 8. The summed E-state index contributed by atoms with van der Waals surface area (Å²) in [5, 5.41) is 7.33. The fraction of sp³-hybridized carbons (Fsp3) is 0.0769. The maximum atomic E-state index is 2.48. The van der Waals surface area contributed by atoms with Gasteiger partial charge >= 0.3 is 0 Å². The minimum Gasteiger partial charge on any atom is -0.311 e. The van der Waals surface area contributed by atoms with Crippen molar-refractivity contribution in [2.45, 2.75) is 32.1 Å². The number of fused-ring (bicyclic) bond motifs is 8. The van der Waals surface area contributed by atoms with Crippen LogP contribution in [0.5, 0.6) is 0 Å². The van der Waals surface area contributed by atoms with Gasteiger partial charge in [-0.05, 0) is 142 Å². The molecule has 0 fully saturated rings. The topological polar surface area (TPSA) is 11.4 Å². The van der Waals surface area contributed by atoms with Gasteiger partial charge in [0.1, 0.15) is 0 Å². The van der Waals surface area contributed by atoms with Gasteiger partial charge < -0.3 is 14.4 Å². The van der Waals surface area contributed by atoms with Crippen LogP contribution in [0.4, 0.5) is 28.4 Å². The lowest BCUT2D eigenvalue weighted by molar-refractivity contribution is 0.660. The van der Waals surface area contributed by atoms with Crippen molar-refractivity contribution in [1.29, 1.82) is 0 Å². The first-order valence-corrected chi connectivity index (χ1v) is 23.9. The third-order valence-electron chi connectivity index (χ3n) is 14.5. The average molecular weight is 872 g/mol. The second kappa shape index (κ2) is 15.9. The number of anilines is 5. The van der Waals surface area contributed by atoms with Gasteiger partial charge in [0.15, 0.2) is 0 Å². The number of para-hydroxylation sites is 2. The summed E-state index contributed by atoms with van der Waals surface area (Å²) < 4.78 is 2.46. The van der Waals surface area contributed by atoms with E-state index in [0.717, 1.165) is 52.4 Å². The molecule has 0 atom stereocenters. The summed E-state index contributed by atoms with van der Waals surface area (Å²) in [7, 11) is 0. The van der Waals surface area contributed by atoms with Crippen LogP contribution in [0.2, 0.25) is 0 Å².